The molecular formula is C19H31N3O2. The van der Waals surface area contributed by atoms with Gasteiger partial charge < -0.3 is 20.6 Å². The predicted molar refractivity (Wildman–Crippen MR) is 96.9 cm³/mol. The molecule has 1 aliphatic rings. The molecule has 2 amide bonds. The van der Waals surface area contributed by atoms with Gasteiger partial charge in [-0.3, -0.25) is 0 Å². The van der Waals surface area contributed by atoms with Gasteiger partial charge in [-0.25, -0.2) is 4.79 Å². The molecule has 3 N–H and O–H groups in total. The maximum atomic E-state index is 12.3. The van der Waals surface area contributed by atoms with E-state index in [1.807, 2.05) is 44.4 Å². The van der Waals surface area contributed by atoms with E-state index in [4.69, 9.17) is 0 Å². The first-order chi connectivity index (χ1) is 11.5. The van der Waals surface area contributed by atoms with Crippen molar-refractivity contribution < 1.29 is 9.90 Å². The molecule has 0 bridgehead atoms. The van der Waals surface area contributed by atoms with Gasteiger partial charge in [0.05, 0.1) is 11.6 Å². The summed E-state index contributed by atoms with van der Waals surface area (Å²) in [6.45, 7) is 1.22. The van der Waals surface area contributed by atoms with E-state index in [-0.39, 0.29) is 12.1 Å². The van der Waals surface area contributed by atoms with Gasteiger partial charge in [0.15, 0.2) is 0 Å². The van der Waals surface area contributed by atoms with E-state index in [0.717, 1.165) is 44.2 Å². The number of nitrogens with zero attached hydrogens (tertiary/aromatic N) is 1. The number of benzene rings is 1. The average molecular weight is 333 g/mol. The first kappa shape index (κ1) is 18.7. The SMILES string of the molecule is CN(C)CCC(NC(=O)NCC1(O)CCCCC1)c1ccccc1. The Morgan fingerprint density at radius 1 is 1.21 bits per heavy atom. The highest BCUT2D eigenvalue weighted by Gasteiger charge is 2.29. The molecule has 1 aliphatic carbocycles. The average Bonchev–Trinajstić information content (AvgIpc) is 2.58. The summed E-state index contributed by atoms with van der Waals surface area (Å²) in [5.74, 6) is 0. The zero-order valence-corrected chi connectivity index (χ0v) is 14.9. The van der Waals surface area contributed by atoms with Crippen LogP contribution in [0, 0.1) is 0 Å². The third kappa shape index (κ3) is 6.13. The van der Waals surface area contributed by atoms with Crippen LogP contribution in [0.25, 0.3) is 0 Å². The molecule has 134 valence electrons. The third-order valence-electron chi connectivity index (χ3n) is 4.73. The molecule has 1 aromatic rings. The van der Waals surface area contributed by atoms with Gasteiger partial charge in [0, 0.05) is 6.54 Å². The van der Waals surface area contributed by atoms with Crippen molar-refractivity contribution >= 4 is 6.03 Å². The summed E-state index contributed by atoms with van der Waals surface area (Å²) in [5, 5.41) is 16.4. The lowest BCUT2D eigenvalue weighted by Crippen LogP contribution is -2.48. The maximum Gasteiger partial charge on any atom is 0.315 e. The van der Waals surface area contributed by atoms with Gasteiger partial charge in [0.25, 0.3) is 0 Å². The summed E-state index contributed by atoms with van der Waals surface area (Å²) in [4.78, 5) is 14.4. The number of aliphatic hydroxyl groups is 1. The topological polar surface area (TPSA) is 64.6 Å². The molecule has 0 saturated heterocycles. The summed E-state index contributed by atoms with van der Waals surface area (Å²) in [5.41, 5.74) is 0.368. The summed E-state index contributed by atoms with van der Waals surface area (Å²) in [6, 6.07) is 9.79. The van der Waals surface area contributed by atoms with Crippen molar-refractivity contribution in [1.29, 1.82) is 0 Å². The molecule has 24 heavy (non-hydrogen) atoms. The highest BCUT2D eigenvalue weighted by molar-refractivity contribution is 5.74. The second kappa shape index (κ2) is 9.04. The van der Waals surface area contributed by atoms with Crippen molar-refractivity contribution in [3.8, 4) is 0 Å². The van der Waals surface area contributed by atoms with Crippen LogP contribution < -0.4 is 10.6 Å². The van der Waals surface area contributed by atoms with Crippen molar-refractivity contribution in [2.45, 2.75) is 50.2 Å². The molecule has 1 unspecified atom stereocenters. The minimum Gasteiger partial charge on any atom is -0.388 e. The van der Waals surface area contributed by atoms with Crippen LogP contribution in [0.2, 0.25) is 0 Å². The lowest BCUT2D eigenvalue weighted by molar-refractivity contribution is 0.00711. The number of carbonyl (C=O) groups excluding carboxylic acids is 1. The molecule has 1 atom stereocenters. The van der Waals surface area contributed by atoms with Gasteiger partial charge in [-0.1, -0.05) is 49.6 Å². The Morgan fingerprint density at radius 2 is 1.88 bits per heavy atom. The van der Waals surface area contributed by atoms with Crippen LogP contribution in [0.4, 0.5) is 4.79 Å². The van der Waals surface area contributed by atoms with E-state index in [2.05, 4.69) is 15.5 Å². The zero-order valence-electron chi connectivity index (χ0n) is 14.9. The molecule has 5 heteroatoms. The van der Waals surface area contributed by atoms with Crippen molar-refractivity contribution in [2.75, 3.05) is 27.2 Å². The normalized spacial score (nSPS) is 18.2. The van der Waals surface area contributed by atoms with E-state index in [1.54, 1.807) is 0 Å². The van der Waals surface area contributed by atoms with Crippen LogP contribution in [0.15, 0.2) is 30.3 Å². The molecule has 0 radical (unpaired) electrons. The van der Waals surface area contributed by atoms with Crippen molar-refractivity contribution in [1.82, 2.24) is 15.5 Å². The van der Waals surface area contributed by atoms with E-state index in [1.165, 1.54) is 6.42 Å². The minimum atomic E-state index is -0.735. The molecular weight excluding hydrogens is 302 g/mol. The Balaban J connectivity index is 1.89. The molecule has 1 fully saturated rings. The van der Waals surface area contributed by atoms with Crippen LogP contribution in [0.1, 0.15) is 50.1 Å². The molecule has 5 nitrogen and oxygen atoms in total. The highest BCUT2D eigenvalue weighted by atomic mass is 16.3. The van der Waals surface area contributed by atoms with Crippen molar-refractivity contribution in [2.24, 2.45) is 0 Å². The molecule has 0 aromatic heterocycles. The van der Waals surface area contributed by atoms with Gasteiger partial charge in [-0.2, -0.15) is 0 Å². The fraction of sp³-hybridized carbons (Fsp3) is 0.632. The maximum absolute atomic E-state index is 12.3. The van der Waals surface area contributed by atoms with E-state index in [9.17, 15) is 9.90 Å². The molecule has 1 aromatic carbocycles. The standard InChI is InChI=1S/C19H31N3O2/c1-22(2)14-11-17(16-9-5-3-6-10-16)21-18(23)20-15-19(24)12-7-4-8-13-19/h3,5-6,9-10,17,24H,4,7-8,11-15H2,1-2H3,(H2,20,21,23). The second-order valence-electron chi connectivity index (χ2n) is 7.17. The molecule has 1 saturated carbocycles. The first-order valence-electron chi connectivity index (χ1n) is 8.95. The van der Waals surface area contributed by atoms with Crippen LogP contribution in [0.5, 0.6) is 0 Å². The Hall–Kier alpha value is -1.59. The predicted octanol–water partition coefficient (Wildman–Crippen LogP) is 2.67. The molecule has 0 spiro atoms. The van der Waals surface area contributed by atoms with E-state index in [0.29, 0.717) is 6.54 Å². The summed E-state index contributed by atoms with van der Waals surface area (Å²) in [6.07, 6.45) is 5.64. The molecule has 0 aliphatic heterocycles. The number of hydrogen-bond acceptors (Lipinski definition) is 3. The summed E-state index contributed by atoms with van der Waals surface area (Å²) < 4.78 is 0. The Bertz CT molecular complexity index is 499. The van der Waals surface area contributed by atoms with E-state index >= 15 is 0 Å². The van der Waals surface area contributed by atoms with Crippen LogP contribution >= 0.6 is 0 Å². The Morgan fingerprint density at radius 3 is 2.50 bits per heavy atom. The van der Waals surface area contributed by atoms with Gasteiger partial charge in [0.1, 0.15) is 0 Å². The fourth-order valence-corrected chi connectivity index (χ4v) is 3.24. The number of nitrogens with one attached hydrogen (secondary N) is 2. The van der Waals surface area contributed by atoms with Gasteiger partial charge in [-0.05, 0) is 45.5 Å². The quantitative estimate of drug-likeness (QED) is 0.719. The van der Waals surface area contributed by atoms with Crippen LogP contribution in [-0.4, -0.2) is 48.8 Å². The second-order valence-corrected chi connectivity index (χ2v) is 7.17. The number of amides is 2. The fourth-order valence-electron chi connectivity index (χ4n) is 3.24. The highest BCUT2D eigenvalue weighted by Crippen LogP contribution is 2.27. The van der Waals surface area contributed by atoms with Crippen LogP contribution in [-0.2, 0) is 0 Å². The number of hydrogen-bond donors (Lipinski definition) is 3. The van der Waals surface area contributed by atoms with Crippen molar-refractivity contribution in [3.05, 3.63) is 35.9 Å². The monoisotopic (exact) mass is 333 g/mol. The Kier molecular flexibility index (Phi) is 7.06. The van der Waals surface area contributed by atoms with Gasteiger partial charge in [-0.15, -0.1) is 0 Å². The summed E-state index contributed by atoms with van der Waals surface area (Å²) in [7, 11) is 4.06. The van der Waals surface area contributed by atoms with Crippen molar-refractivity contribution in [3.63, 3.8) is 0 Å². The number of urea groups is 1. The largest absolute Gasteiger partial charge is 0.388 e. The third-order valence-corrected chi connectivity index (χ3v) is 4.73. The van der Waals surface area contributed by atoms with Gasteiger partial charge >= 0.3 is 6.03 Å². The van der Waals surface area contributed by atoms with Gasteiger partial charge in [0.2, 0.25) is 0 Å². The lowest BCUT2D eigenvalue weighted by atomic mass is 9.85. The lowest BCUT2D eigenvalue weighted by Gasteiger charge is -2.32. The Labute approximate surface area is 145 Å². The number of rotatable bonds is 7. The zero-order chi connectivity index (χ0) is 17.4. The minimum absolute atomic E-state index is 0.0328. The molecule has 2 rings (SSSR count). The van der Waals surface area contributed by atoms with Crippen LogP contribution in [0.3, 0.4) is 0 Å². The summed E-state index contributed by atoms with van der Waals surface area (Å²) >= 11 is 0. The molecule has 0 heterocycles. The number of carbonyl (C=O) groups is 1. The smallest absolute Gasteiger partial charge is 0.315 e. The first-order valence-corrected chi connectivity index (χ1v) is 8.95. The van der Waals surface area contributed by atoms with E-state index < -0.39 is 5.60 Å².